The molecule has 1 unspecified atom stereocenters. The fourth-order valence-electron chi connectivity index (χ4n) is 4.19. The van der Waals surface area contributed by atoms with Crippen molar-refractivity contribution in [3.05, 3.63) is 81.8 Å². The van der Waals surface area contributed by atoms with Crippen molar-refractivity contribution in [3.8, 4) is 11.1 Å². The van der Waals surface area contributed by atoms with Gasteiger partial charge in [-0.3, -0.25) is 9.69 Å². The van der Waals surface area contributed by atoms with Gasteiger partial charge in [-0.15, -0.1) is 11.3 Å². The van der Waals surface area contributed by atoms with Gasteiger partial charge >= 0.3 is 0 Å². The summed E-state index contributed by atoms with van der Waals surface area (Å²) in [4.78, 5) is 15.7. The molecule has 2 heterocycles. The topological polar surface area (TPSA) is 32.3 Å². The van der Waals surface area contributed by atoms with Gasteiger partial charge in [-0.05, 0) is 70.1 Å². The molecule has 0 radical (unpaired) electrons. The summed E-state index contributed by atoms with van der Waals surface area (Å²) in [7, 11) is 0. The first-order valence-corrected chi connectivity index (χ1v) is 12.1. The molecule has 3 aromatic rings. The van der Waals surface area contributed by atoms with Gasteiger partial charge < -0.3 is 5.32 Å². The summed E-state index contributed by atoms with van der Waals surface area (Å²) in [6, 6.07) is 17.3. The lowest BCUT2D eigenvalue weighted by atomic mass is 9.87. The van der Waals surface area contributed by atoms with Crippen LogP contribution in [-0.4, -0.2) is 30.4 Å². The molecule has 1 amide bonds. The molecule has 1 atom stereocenters. The van der Waals surface area contributed by atoms with Gasteiger partial charge in [0.2, 0.25) is 0 Å². The van der Waals surface area contributed by atoms with Crippen LogP contribution in [0.3, 0.4) is 0 Å². The molecular weight excluding hydrogens is 419 g/mol. The largest absolute Gasteiger partial charge is 0.351 e. The molecule has 1 fully saturated rings. The van der Waals surface area contributed by atoms with E-state index in [1.54, 1.807) is 6.07 Å². The van der Waals surface area contributed by atoms with Gasteiger partial charge in [-0.2, -0.15) is 0 Å². The standard InChI is InChI=1S/C27H31FN2OS/c1-27(2,3)23-9-7-19(8-10-23)16-30-12-11-20(17-30)15-29-26(31)25-14-22(18-32-25)21-5-4-6-24(28)13-21/h4-10,13-14,18,20H,11-12,15-17H2,1-3H3,(H,29,31). The van der Waals surface area contributed by atoms with Crippen molar-refractivity contribution in [1.29, 1.82) is 0 Å². The number of hydrogen-bond acceptors (Lipinski definition) is 3. The van der Waals surface area contributed by atoms with Crippen LogP contribution in [0.4, 0.5) is 4.39 Å². The van der Waals surface area contributed by atoms with Gasteiger partial charge in [0.15, 0.2) is 0 Å². The van der Waals surface area contributed by atoms with Crippen LogP contribution in [0.15, 0.2) is 60.0 Å². The van der Waals surface area contributed by atoms with Crippen LogP contribution in [0.1, 0.15) is 48.0 Å². The van der Waals surface area contributed by atoms with Crippen molar-refractivity contribution in [2.24, 2.45) is 5.92 Å². The van der Waals surface area contributed by atoms with Gasteiger partial charge in [0, 0.05) is 19.6 Å². The van der Waals surface area contributed by atoms with E-state index in [0.717, 1.165) is 37.2 Å². The van der Waals surface area contributed by atoms with Crippen LogP contribution in [-0.2, 0) is 12.0 Å². The van der Waals surface area contributed by atoms with Crippen LogP contribution >= 0.6 is 11.3 Å². The number of carbonyl (C=O) groups is 1. The highest BCUT2D eigenvalue weighted by atomic mass is 32.1. The fraction of sp³-hybridized carbons (Fsp3) is 0.370. The SMILES string of the molecule is CC(C)(C)c1ccc(CN2CCC(CNC(=O)c3cc(-c4cccc(F)c4)cs3)C2)cc1. The summed E-state index contributed by atoms with van der Waals surface area (Å²) in [5.41, 5.74) is 4.55. The first-order valence-electron chi connectivity index (χ1n) is 11.2. The van der Waals surface area contributed by atoms with Crippen LogP contribution in [0, 0.1) is 11.7 Å². The number of rotatable bonds is 6. The highest BCUT2D eigenvalue weighted by molar-refractivity contribution is 7.12. The van der Waals surface area contributed by atoms with Crippen LogP contribution < -0.4 is 5.32 Å². The Morgan fingerprint density at radius 1 is 1.12 bits per heavy atom. The number of amides is 1. The smallest absolute Gasteiger partial charge is 0.261 e. The van der Waals surface area contributed by atoms with Gasteiger partial charge in [0.25, 0.3) is 5.91 Å². The van der Waals surface area contributed by atoms with Crippen LogP contribution in [0.2, 0.25) is 0 Å². The summed E-state index contributed by atoms with van der Waals surface area (Å²) >= 11 is 1.40. The number of benzene rings is 2. The Bertz CT molecular complexity index is 1070. The molecule has 1 aliphatic rings. The second-order valence-corrected chi connectivity index (χ2v) is 10.7. The monoisotopic (exact) mass is 450 g/mol. The molecule has 32 heavy (non-hydrogen) atoms. The number of nitrogens with one attached hydrogen (secondary N) is 1. The summed E-state index contributed by atoms with van der Waals surface area (Å²) in [6.07, 6.45) is 1.10. The minimum absolute atomic E-state index is 0.0473. The van der Waals surface area contributed by atoms with E-state index in [9.17, 15) is 9.18 Å². The Labute approximate surface area is 194 Å². The van der Waals surface area contributed by atoms with E-state index >= 15 is 0 Å². The van der Waals surface area contributed by atoms with Crippen molar-refractivity contribution in [1.82, 2.24) is 10.2 Å². The van der Waals surface area contributed by atoms with Crippen LogP contribution in [0.5, 0.6) is 0 Å². The average Bonchev–Trinajstić information content (AvgIpc) is 3.42. The lowest BCUT2D eigenvalue weighted by Crippen LogP contribution is -2.30. The van der Waals surface area contributed by atoms with E-state index in [0.29, 0.717) is 17.3 Å². The normalized spacial score (nSPS) is 16.9. The Morgan fingerprint density at radius 2 is 1.91 bits per heavy atom. The summed E-state index contributed by atoms with van der Waals surface area (Å²) in [6.45, 7) is 10.4. The molecule has 0 spiro atoms. The number of hydrogen-bond donors (Lipinski definition) is 1. The molecule has 2 aromatic carbocycles. The maximum atomic E-state index is 13.5. The number of carbonyl (C=O) groups excluding carboxylic acids is 1. The van der Waals surface area contributed by atoms with Crippen molar-refractivity contribution in [2.45, 2.75) is 39.2 Å². The average molecular weight is 451 g/mol. The fourth-order valence-corrected chi connectivity index (χ4v) is 5.02. The van der Waals surface area contributed by atoms with E-state index in [1.165, 1.54) is 34.6 Å². The molecule has 168 valence electrons. The molecule has 3 nitrogen and oxygen atoms in total. The number of likely N-dealkylation sites (tertiary alicyclic amines) is 1. The first-order chi connectivity index (χ1) is 15.3. The van der Waals surface area contributed by atoms with Crippen molar-refractivity contribution >= 4 is 17.2 Å². The lowest BCUT2D eigenvalue weighted by Gasteiger charge is -2.20. The van der Waals surface area contributed by atoms with E-state index < -0.39 is 0 Å². The molecule has 0 aliphatic carbocycles. The molecule has 0 saturated carbocycles. The van der Waals surface area contributed by atoms with E-state index in [1.807, 2.05) is 17.5 Å². The van der Waals surface area contributed by atoms with E-state index in [4.69, 9.17) is 0 Å². The van der Waals surface area contributed by atoms with E-state index in [-0.39, 0.29) is 17.1 Å². The molecule has 1 saturated heterocycles. The Hall–Kier alpha value is -2.50. The number of thiophene rings is 1. The Kier molecular flexibility index (Phi) is 6.77. The third-order valence-electron chi connectivity index (χ3n) is 6.13. The zero-order valence-corrected chi connectivity index (χ0v) is 19.8. The number of nitrogens with zero attached hydrogens (tertiary/aromatic N) is 1. The van der Waals surface area contributed by atoms with Gasteiger partial charge in [0.1, 0.15) is 5.82 Å². The molecular formula is C27H31FN2OS. The first kappa shape index (κ1) is 22.7. The van der Waals surface area contributed by atoms with Crippen molar-refractivity contribution in [2.75, 3.05) is 19.6 Å². The molecule has 1 aromatic heterocycles. The molecule has 5 heteroatoms. The van der Waals surface area contributed by atoms with Gasteiger partial charge in [-0.25, -0.2) is 4.39 Å². The second-order valence-electron chi connectivity index (χ2n) is 9.76. The summed E-state index contributed by atoms with van der Waals surface area (Å²) in [5, 5.41) is 5.00. The molecule has 4 rings (SSSR count). The maximum absolute atomic E-state index is 13.5. The van der Waals surface area contributed by atoms with Gasteiger partial charge in [-0.1, -0.05) is 57.2 Å². The second kappa shape index (κ2) is 9.55. The van der Waals surface area contributed by atoms with E-state index in [2.05, 4.69) is 55.3 Å². The summed E-state index contributed by atoms with van der Waals surface area (Å²) < 4.78 is 13.5. The Balaban J connectivity index is 1.26. The third kappa shape index (κ3) is 5.64. The maximum Gasteiger partial charge on any atom is 0.261 e. The minimum atomic E-state index is -0.268. The quantitative estimate of drug-likeness (QED) is 0.492. The zero-order chi connectivity index (χ0) is 22.7. The van der Waals surface area contributed by atoms with Crippen molar-refractivity contribution in [3.63, 3.8) is 0 Å². The predicted molar refractivity (Wildman–Crippen MR) is 131 cm³/mol. The minimum Gasteiger partial charge on any atom is -0.351 e. The van der Waals surface area contributed by atoms with Crippen LogP contribution in [0.25, 0.3) is 11.1 Å². The Morgan fingerprint density at radius 3 is 2.62 bits per heavy atom. The highest BCUT2D eigenvalue weighted by Crippen LogP contribution is 2.27. The molecule has 1 N–H and O–H groups in total. The van der Waals surface area contributed by atoms with Gasteiger partial charge in [0.05, 0.1) is 4.88 Å². The summed E-state index contributed by atoms with van der Waals surface area (Å²) in [5.74, 6) is 0.153. The zero-order valence-electron chi connectivity index (χ0n) is 19.0. The van der Waals surface area contributed by atoms with Crippen molar-refractivity contribution < 1.29 is 9.18 Å². The molecule has 1 aliphatic heterocycles. The highest BCUT2D eigenvalue weighted by Gasteiger charge is 2.23. The lowest BCUT2D eigenvalue weighted by molar-refractivity contribution is 0.0951. The molecule has 0 bridgehead atoms. The third-order valence-corrected chi connectivity index (χ3v) is 7.06. The number of halogens is 1. The predicted octanol–water partition coefficient (Wildman–Crippen LogP) is 6.10.